The Bertz CT molecular complexity index is 1040. The predicted molar refractivity (Wildman–Crippen MR) is 106 cm³/mol. The third kappa shape index (κ3) is 3.12. The summed E-state index contributed by atoms with van der Waals surface area (Å²) in [6, 6.07) is 16.6. The van der Waals surface area contributed by atoms with E-state index in [0.29, 0.717) is 12.5 Å². The molecule has 4 heterocycles. The molecule has 1 saturated heterocycles. The fourth-order valence-electron chi connectivity index (χ4n) is 3.94. The second kappa shape index (κ2) is 7.40. The van der Waals surface area contributed by atoms with Crippen molar-refractivity contribution in [2.24, 2.45) is 5.92 Å². The van der Waals surface area contributed by atoms with Gasteiger partial charge in [0.1, 0.15) is 5.69 Å². The van der Waals surface area contributed by atoms with Crippen LogP contribution in [0.4, 0.5) is 0 Å². The van der Waals surface area contributed by atoms with Crippen molar-refractivity contribution in [2.45, 2.75) is 12.5 Å². The van der Waals surface area contributed by atoms with Gasteiger partial charge in [0.25, 0.3) is 0 Å². The molecule has 0 saturated carbocycles. The molecule has 140 valence electrons. The van der Waals surface area contributed by atoms with Crippen LogP contribution in [0.3, 0.4) is 0 Å². The SMILES string of the molecule is c1ccc(-n2nccc2-c2nccn2[C@@H]2COC[C@H]2Cc2ccncc2)cc1. The van der Waals surface area contributed by atoms with Gasteiger partial charge in [0.2, 0.25) is 0 Å². The molecule has 1 aromatic carbocycles. The number of rotatable bonds is 5. The van der Waals surface area contributed by atoms with Crippen molar-refractivity contribution < 1.29 is 4.74 Å². The van der Waals surface area contributed by atoms with Gasteiger partial charge < -0.3 is 9.30 Å². The van der Waals surface area contributed by atoms with Crippen molar-refractivity contribution in [3.63, 3.8) is 0 Å². The number of benzene rings is 1. The normalized spacial score (nSPS) is 19.1. The summed E-state index contributed by atoms with van der Waals surface area (Å²) in [5, 5.41) is 4.52. The number of imidazole rings is 1. The standard InChI is InChI=1S/C22H21N5O/c1-2-4-19(5-3-1)27-20(8-11-25-27)22-24-12-13-26(22)21-16-28-15-18(21)14-17-6-9-23-10-7-17/h1-13,18,21H,14-16H2/t18-,21-/m1/s1. The van der Waals surface area contributed by atoms with Crippen molar-refractivity contribution >= 4 is 0 Å². The first-order valence-electron chi connectivity index (χ1n) is 9.49. The number of pyridine rings is 1. The monoisotopic (exact) mass is 371 g/mol. The molecule has 28 heavy (non-hydrogen) atoms. The molecule has 1 fully saturated rings. The van der Waals surface area contributed by atoms with E-state index in [1.54, 1.807) is 0 Å². The van der Waals surface area contributed by atoms with E-state index in [0.717, 1.165) is 30.2 Å². The Labute approximate surface area is 163 Å². The number of ether oxygens (including phenoxy) is 1. The second-order valence-electron chi connectivity index (χ2n) is 7.05. The first-order valence-corrected chi connectivity index (χ1v) is 9.49. The Kier molecular flexibility index (Phi) is 4.47. The molecule has 0 spiro atoms. The largest absolute Gasteiger partial charge is 0.379 e. The van der Waals surface area contributed by atoms with Crippen LogP contribution in [-0.4, -0.2) is 37.5 Å². The summed E-state index contributed by atoms with van der Waals surface area (Å²) < 4.78 is 10.0. The van der Waals surface area contributed by atoms with Crippen LogP contribution in [0, 0.1) is 5.92 Å². The van der Waals surface area contributed by atoms with Crippen LogP contribution in [-0.2, 0) is 11.2 Å². The van der Waals surface area contributed by atoms with Gasteiger partial charge in [0, 0.05) is 30.7 Å². The molecule has 0 unspecified atom stereocenters. The number of hydrogen-bond donors (Lipinski definition) is 0. The summed E-state index contributed by atoms with van der Waals surface area (Å²) in [4.78, 5) is 8.79. The van der Waals surface area contributed by atoms with Crippen LogP contribution in [0.1, 0.15) is 11.6 Å². The quantitative estimate of drug-likeness (QED) is 0.538. The molecule has 0 N–H and O–H groups in total. The molecule has 1 aliphatic rings. The van der Waals surface area contributed by atoms with Gasteiger partial charge in [-0.15, -0.1) is 0 Å². The van der Waals surface area contributed by atoms with Crippen molar-refractivity contribution in [2.75, 3.05) is 13.2 Å². The molecule has 0 amide bonds. The molecule has 4 aromatic rings. The molecule has 0 radical (unpaired) electrons. The van der Waals surface area contributed by atoms with E-state index >= 15 is 0 Å². The highest BCUT2D eigenvalue weighted by Gasteiger charge is 2.31. The number of nitrogens with zero attached hydrogens (tertiary/aromatic N) is 5. The van der Waals surface area contributed by atoms with Gasteiger partial charge in [-0.05, 0) is 42.3 Å². The zero-order valence-corrected chi connectivity index (χ0v) is 15.4. The summed E-state index contributed by atoms with van der Waals surface area (Å²) in [5.74, 6) is 1.31. The van der Waals surface area contributed by atoms with Gasteiger partial charge in [0.15, 0.2) is 5.82 Å². The van der Waals surface area contributed by atoms with E-state index < -0.39 is 0 Å². The molecule has 3 aromatic heterocycles. The van der Waals surface area contributed by atoms with E-state index in [2.05, 4.69) is 50.1 Å². The van der Waals surface area contributed by atoms with E-state index in [1.165, 1.54) is 5.56 Å². The fraction of sp³-hybridized carbons (Fsp3) is 0.227. The second-order valence-corrected chi connectivity index (χ2v) is 7.05. The van der Waals surface area contributed by atoms with Crippen LogP contribution < -0.4 is 0 Å². The van der Waals surface area contributed by atoms with Crippen molar-refractivity contribution in [3.8, 4) is 17.2 Å². The minimum absolute atomic E-state index is 0.241. The van der Waals surface area contributed by atoms with Gasteiger partial charge in [-0.25, -0.2) is 9.67 Å². The average molecular weight is 371 g/mol. The smallest absolute Gasteiger partial charge is 0.159 e. The third-order valence-electron chi connectivity index (χ3n) is 5.31. The van der Waals surface area contributed by atoms with Gasteiger partial charge in [0.05, 0.1) is 31.1 Å². The van der Waals surface area contributed by atoms with Crippen LogP contribution >= 0.6 is 0 Å². The third-order valence-corrected chi connectivity index (χ3v) is 5.31. The van der Waals surface area contributed by atoms with Crippen molar-refractivity contribution in [3.05, 3.63) is 85.1 Å². The van der Waals surface area contributed by atoms with Crippen LogP contribution in [0.15, 0.2) is 79.5 Å². The minimum Gasteiger partial charge on any atom is -0.379 e. The van der Waals surface area contributed by atoms with Crippen LogP contribution in [0.25, 0.3) is 17.2 Å². The van der Waals surface area contributed by atoms with Gasteiger partial charge in [-0.2, -0.15) is 5.10 Å². The highest BCUT2D eigenvalue weighted by atomic mass is 16.5. The summed E-state index contributed by atoms with van der Waals surface area (Å²) in [5.41, 5.74) is 3.28. The Morgan fingerprint density at radius 2 is 1.79 bits per heavy atom. The molecule has 0 aliphatic carbocycles. The Hall–Kier alpha value is -3.25. The lowest BCUT2D eigenvalue weighted by molar-refractivity contribution is 0.181. The lowest BCUT2D eigenvalue weighted by Gasteiger charge is -2.21. The summed E-state index contributed by atoms with van der Waals surface area (Å²) in [6.45, 7) is 1.45. The first-order chi connectivity index (χ1) is 13.9. The van der Waals surface area contributed by atoms with Crippen molar-refractivity contribution in [1.29, 1.82) is 0 Å². The Morgan fingerprint density at radius 1 is 0.929 bits per heavy atom. The van der Waals surface area contributed by atoms with Crippen LogP contribution in [0.2, 0.25) is 0 Å². The first kappa shape index (κ1) is 16.9. The van der Waals surface area contributed by atoms with Crippen LogP contribution in [0.5, 0.6) is 0 Å². The molecule has 0 bridgehead atoms. The maximum atomic E-state index is 5.87. The van der Waals surface area contributed by atoms with E-state index in [1.807, 2.05) is 53.7 Å². The van der Waals surface area contributed by atoms with Gasteiger partial charge in [-0.3, -0.25) is 4.98 Å². The Morgan fingerprint density at radius 3 is 2.64 bits per heavy atom. The number of hydrogen-bond acceptors (Lipinski definition) is 4. The molecular weight excluding hydrogens is 350 g/mol. The predicted octanol–water partition coefficient (Wildman–Crippen LogP) is 3.56. The molecule has 1 aliphatic heterocycles. The highest BCUT2D eigenvalue weighted by Crippen LogP contribution is 2.33. The maximum Gasteiger partial charge on any atom is 0.159 e. The fourth-order valence-corrected chi connectivity index (χ4v) is 3.94. The molecule has 6 heteroatoms. The molecule has 5 rings (SSSR count). The van der Waals surface area contributed by atoms with E-state index in [-0.39, 0.29) is 6.04 Å². The molecule has 6 nitrogen and oxygen atoms in total. The maximum absolute atomic E-state index is 5.87. The average Bonchev–Trinajstić information content (AvgIpc) is 3.49. The summed E-state index contributed by atoms with van der Waals surface area (Å²) >= 11 is 0. The Balaban J connectivity index is 1.48. The van der Waals surface area contributed by atoms with Gasteiger partial charge >= 0.3 is 0 Å². The lowest BCUT2D eigenvalue weighted by Crippen LogP contribution is -2.20. The van der Waals surface area contributed by atoms with Crippen molar-refractivity contribution in [1.82, 2.24) is 24.3 Å². The minimum atomic E-state index is 0.241. The molecule has 2 atom stereocenters. The zero-order valence-electron chi connectivity index (χ0n) is 15.4. The highest BCUT2D eigenvalue weighted by molar-refractivity contribution is 5.54. The molecular formula is C22H21N5O. The summed E-state index contributed by atoms with van der Waals surface area (Å²) in [6.07, 6.45) is 10.4. The van der Waals surface area contributed by atoms with Gasteiger partial charge in [-0.1, -0.05) is 18.2 Å². The summed E-state index contributed by atoms with van der Waals surface area (Å²) in [7, 11) is 0. The van der Waals surface area contributed by atoms with E-state index in [4.69, 9.17) is 4.74 Å². The number of aromatic nitrogens is 5. The lowest BCUT2D eigenvalue weighted by atomic mass is 9.95. The number of para-hydroxylation sites is 1. The van der Waals surface area contributed by atoms with E-state index in [9.17, 15) is 0 Å². The zero-order chi connectivity index (χ0) is 18.8. The topological polar surface area (TPSA) is 57.8 Å².